The van der Waals surface area contributed by atoms with Crippen LogP contribution >= 0.6 is 0 Å². The summed E-state index contributed by atoms with van der Waals surface area (Å²) in [5.74, 6) is 0.0331. The van der Waals surface area contributed by atoms with Crippen LogP contribution in [-0.2, 0) is 9.53 Å². The van der Waals surface area contributed by atoms with Crippen molar-refractivity contribution in [3.05, 3.63) is 36.2 Å². The molecule has 0 atom stereocenters. The number of hydrogen-bond acceptors (Lipinski definition) is 4. The molecule has 0 saturated heterocycles. The molecule has 6 heteroatoms. The van der Waals surface area contributed by atoms with E-state index in [2.05, 4.69) is 16.4 Å². The van der Waals surface area contributed by atoms with Crippen LogP contribution in [0.25, 0.3) is 5.57 Å². The summed E-state index contributed by atoms with van der Waals surface area (Å²) in [4.78, 5) is 29.8. The second-order valence-corrected chi connectivity index (χ2v) is 6.75. The molecule has 0 fully saturated rings. The molecule has 0 bridgehead atoms. The predicted molar refractivity (Wildman–Crippen MR) is 92.3 cm³/mol. The summed E-state index contributed by atoms with van der Waals surface area (Å²) >= 11 is 0. The lowest BCUT2D eigenvalue weighted by Crippen LogP contribution is -2.38. The Morgan fingerprint density at radius 3 is 2.67 bits per heavy atom. The summed E-state index contributed by atoms with van der Waals surface area (Å²) in [6.07, 6.45) is 6.28. The van der Waals surface area contributed by atoms with Crippen LogP contribution in [0.4, 0.5) is 4.79 Å². The van der Waals surface area contributed by atoms with Crippen LogP contribution in [0.3, 0.4) is 0 Å². The molecule has 1 aliphatic heterocycles. The average molecular weight is 331 g/mol. The first-order chi connectivity index (χ1) is 11.3. The Hall–Kier alpha value is -2.37. The number of aromatic nitrogens is 1. The first kappa shape index (κ1) is 18.0. The van der Waals surface area contributed by atoms with Gasteiger partial charge >= 0.3 is 6.09 Å². The van der Waals surface area contributed by atoms with Crippen molar-refractivity contribution in [2.45, 2.75) is 39.2 Å². The number of carbonyl (C=O) groups excluding carboxylic acids is 2. The zero-order chi connectivity index (χ0) is 17.6. The third-order valence-corrected chi connectivity index (χ3v) is 3.56. The van der Waals surface area contributed by atoms with Crippen LogP contribution in [0.2, 0.25) is 0 Å². The summed E-state index contributed by atoms with van der Waals surface area (Å²) in [6.45, 7) is 6.99. The third kappa shape index (κ3) is 5.68. The molecular formula is C18H25N3O3. The fraction of sp³-hybridized carbons (Fsp3) is 0.500. The molecule has 2 heterocycles. The van der Waals surface area contributed by atoms with Gasteiger partial charge in [0, 0.05) is 38.4 Å². The zero-order valence-electron chi connectivity index (χ0n) is 14.5. The molecule has 0 aliphatic carbocycles. The van der Waals surface area contributed by atoms with Gasteiger partial charge in [0.1, 0.15) is 5.60 Å². The molecule has 2 amide bonds. The van der Waals surface area contributed by atoms with Crippen molar-refractivity contribution >= 4 is 17.6 Å². The smallest absolute Gasteiger partial charge is 0.407 e. The summed E-state index contributed by atoms with van der Waals surface area (Å²) in [5.41, 5.74) is 1.69. The van der Waals surface area contributed by atoms with Crippen molar-refractivity contribution in [2.24, 2.45) is 0 Å². The van der Waals surface area contributed by atoms with E-state index >= 15 is 0 Å². The largest absolute Gasteiger partial charge is 0.444 e. The highest BCUT2D eigenvalue weighted by atomic mass is 16.6. The summed E-state index contributed by atoms with van der Waals surface area (Å²) in [5, 5.41) is 2.62. The molecule has 6 nitrogen and oxygen atoms in total. The minimum absolute atomic E-state index is 0.0331. The number of nitrogens with one attached hydrogen (secondary N) is 1. The maximum atomic E-state index is 12.3. The molecule has 0 spiro atoms. The second kappa shape index (κ2) is 7.95. The van der Waals surface area contributed by atoms with Crippen molar-refractivity contribution in [3.63, 3.8) is 0 Å². The van der Waals surface area contributed by atoms with Gasteiger partial charge in [0.05, 0.1) is 0 Å². The van der Waals surface area contributed by atoms with Gasteiger partial charge in [0.15, 0.2) is 0 Å². The van der Waals surface area contributed by atoms with E-state index in [1.165, 1.54) is 0 Å². The molecule has 2 rings (SSSR count). The molecular weight excluding hydrogens is 306 g/mol. The van der Waals surface area contributed by atoms with Crippen molar-refractivity contribution < 1.29 is 14.3 Å². The Kier molecular flexibility index (Phi) is 5.95. The first-order valence-corrected chi connectivity index (χ1v) is 8.19. The maximum absolute atomic E-state index is 12.3. The van der Waals surface area contributed by atoms with E-state index in [0.29, 0.717) is 13.1 Å². The topological polar surface area (TPSA) is 71.5 Å². The molecule has 0 radical (unpaired) electrons. The highest BCUT2D eigenvalue weighted by Crippen LogP contribution is 2.20. The molecule has 0 aromatic carbocycles. The van der Waals surface area contributed by atoms with Crippen LogP contribution in [0.5, 0.6) is 0 Å². The third-order valence-electron chi connectivity index (χ3n) is 3.56. The lowest BCUT2D eigenvalue weighted by Gasteiger charge is -2.28. The molecule has 1 aliphatic rings. The van der Waals surface area contributed by atoms with Gasteiger partial charge < -0.3 is 15.0 Å². The highest BCUT2D eigenvalue weighted by molar-refractivity contribution is 5.80. The van der Waals surface area contributed by atoms with E-state index in [1.54, 1.807) is 33.2 Å². The first-order valence-electron chi connectivity index (χ1n) is 8.19. The van der Waals surface area contributed by atoms with Crippen LogP contribution in [0, 0.1) is 0 Å². The van der Waals surface area contributed by atoms with E-state index in [9.17, 15) is 9.59 Å². The number of pyridine rings is 1. The number of nitrogens with zero attached hydrogens (tertiary/aromatic N) is 2. The molecule has 1 aromatic heterocycles. The van der Waals surface area contributed by atoms with Crippen molar-refractivity contribution in [1.82, 2.24) is 15.2 Å². The van der Waals surface area contributed by atoms with Gasteiger partial charge in [-0.25, -0.2) is 4.79 Å². The fourth-order valence-electron chi connectivity index (χ4n) is 2.48. The summed E-state index contributed by atoms with van der Waals surface area (Å²) in [7, 11) is 0. The highest BCUT2D eigenvalue weighted by Gasteiger charge is 2.20. The fourth-order valence-corrected chi connectivity index (χ4v) is 2.48. The predicted octanol–water partition coefficient (Wildman–Crippen LogP) is 2.61. The van der Waals surface area contributed by atoms with Crippen LogP contribution < -0.4 is 5.32 Å². The van der Waals surface area contributed by atoms with E-state index in [1.807, 2.05) is 17.0 Å². The van der Waals surface area contributed by atoms with E-state index in [0.717, 1.165) is 17.6 Å². The Labute approximate surface area is 142 Å². The molecule has 0 saturated carbocycles. The number of amides is 2. The second-order valence-electron chi connectivity index (χ2n) is 6.75. The lowest BCUT2D eigenvalue weighted by atomic mass is 10.0. The quantitative estimate of drug-likeness (QED) is 0.920. The Bertz CT molecular complexity index is 606. The molecule has 0 unspecified atom stereocenters. The molecule has 130 valence electrons. The standard InChI is InChI=1S/C18H25N3O3/c1-18(2,3)24-17(23)20-11-8-16(22)21-12-4-5-15(13-21)14-6-9-19-10-7-14/h5-7,9-10H,4,8,11-13H2,1-3H3,(H,20,23). The van der Waals surface area contributed by atoms with E-state index < -0.39 is 11.7 Å². The van der Waals surface area contributed by atoms with E-state index in [-0.39, 0.29) is 18.9 Å². The van der Waals surface area contributed by atoms with Crippen molar-refractivity contribution in [2.75, 3.05) is 19.6 Å². The summed E-state index contributed by atoms with van der Waals surface area (Å²) in [6, 6.07) is 3.90. The SMILES string of the molecule is CC(C)(C)OC(=O)NCCC(=O)N1CCC=C(c2ccncc2)C1. The molecule has 24 heavy (non-hydrogen) atoms. The van der Waals surface area contributed by atoms with Gasteiger partial charge in [-0.3, -0.25) is 9.78 Å². The molecule has 1 aromatic rings. The van der Waals surface area contributed by atoms with Gasteiger partial charge in [-0.15, -0.1) is 0 Å². The Morgan fingerprint density at radius 2 is 2.00 bits per heavy atom. The monoisotopic (exact) mass is 331 g/mol. The van der Waals surface area contributed by atoms with Gasteiger partial charge in [0.25, 0.3) is 0 Å². The number of ether oxygens (including phenoxy) is 1. The Balaban J connectivity index is 1.79. The van der Waals surface area contributed by atoms with Crippen LogP contribution in [0.15, 0.2) is 30.6 Å². The minimum atomic E-state index is -0.537. The van der Waals surface area contributed by atoms with Gasteiger partial charge in [-0.1, -0.05) is 6.08 Å². The number of rotatable bonds is 4. The number of alkyl carbamates (subject to hydrolysis) is 1. The van der Waals surface area contributed by atoms with Crippen LogP contribution in [0.1, 0.15) is 39.2 Å². The van der Waals surface area contributed by atoms with E-state index in [4.69, 9.17) is 4.74 Å². The van der Waals surface area contributed by atoms with Gasteiger partial charge in [-0.2, -0.15) is 0 Å². The van der Waals surface area contributed by atoms with Gasteiger partial charge in [-0.05, 0) is 50.5 Å². The number of carbonyl (C=O) groups is 2. The zero-order valence-corrected chi connectivity index (χ0v) is 14.5. The maximum Gasteiger partial charge on any atom is 0.407 e. The van der Waals surface area contributed by atoms with Gasteiger partial charge in [0.2, 0.25) is 5.91 Å². The summed E-state index contributed by atoms with van der Waals surface area (Å²) < 4.78 is 5.15. The number of hydrogen-bond donors (Lipinski definition) is 1. The minimum Gasteiger partial charge on any atom is -0.444 e. The van der Waals surface area contributed by atoms with Crippen molar-refractivity contribution in [3.8, 4) is 0 Å². The normalized spacial score (nSPS) is 14.8. The van der Waals surface area contributed by atoms with Crippen LogP contribution in [-0.4, -0.2) is 47.1 Å². The van der Waals surface area contributed by atoms with Crippen molar-refractivity contribution in [1.29, 1.82) is 0 Å². The Morgan fingerprint density at radius 1 is 1.29 bits per heavy atom. The lowest BCUT2D eigenvalue weighted by molar-refractivity contribution is -0.130. The molecule has 1 N–H and O–H groups in total. The average Bonchev–Trinajstić information content (AvgIpc) is 2.54.